The lowest BCUT2D eigenvalue weighted by molar-refractivity contribution is -0.116. The van der Waals surface area contributed by atoms with Gasteiger partial charge in [-0.3, -0.25) is 4.79 Å². The lowest BCUT2D eigenvalue weighted by atomic mass is 10.0. The van der Waals surface area contributed by atoms with E-state index in [9.17, 15) is 10.1 Å². The molecule has 0 bridgehead atoms. The maximum Gasteiger partial charge on any atom is 0.227 e. The van der Waals surface area contributed by atoms with Gasteiger partial charge in [-0.25, -0.2) is 9.97 Å². The fourth-order valence-electron chi connectivity index (χ4n) is 2.60. The monoisotopic (exact) mass is 342 g/mol. The molecule has 0 amide bonds. The molecule has 0 aliphatic heterocycles. The van der Waals surface area contributed by atoms with E-state index in [4.69, 9.17) is 0 Å². The van der Waals surface area contributed by atoms with Crippen molar-refractivity contribution in [3.63, 3.8) is 0 Å². The minimum absolute atomic E-state index is 0.136. The molecular formula is C21H18N4O. The Balaban J connectivity index is 1.81. The average molecular weight is 342 g/mol. The van der Waals surface area contributed by atoms with Gasteiger partial charge in [-0.15, -0.1) is 0 Å². The molecule has 1 heterocycles. The van der Waals surface area contributed by atoms with E-state index >= 15 is 0 Å². The number of anilines is 2. The van der Waals surface area contributed by atoms with E-state index in [0.717, 1.165) is 28.1 Å². The van der Waals surface area contributed by atoms with Crippen LogP contribution in [0.3, 0.4) is 0 Å². The van der Waals surface area contributed by atoms with Crippen LogP contribution in [0.5, 0.6) is 0 Å². The molecule has 0 radical (unpaired) electrons. The zero-order valence-electron chi connectivity index (χ0n) is 14.7. The summed E-state index contributed by atoms with van der Waals surface area (Å²) in [4.78, 5) is 20.0. The van der Waals surface area contributed by atoms with E-state index in [0.29, 0.717) is 17.9 Å². The third-order valence-electron chi connectivity index (χ3n) is 3.97. The van der Waals surface area contributed by atoms with Gasteiger partial charge in [0, 0.05) is 23.9 Å². The van der Waals surface area contributed by atoms with Crippen molar-refractivity contribution in [2.24, 2.45) is 0 Å². The molecule has 1 N–H and O–H groups in total. The standard InChI is InChI=1S/C21H18N4O/c1-14-3-6-17(12-18(14)13-22)20-9-10-23-21(25-20)24-19-7-4-16(5-8-19)11-15(2)26/h3-10,12H,11H2,1-2H3,(H,23,24,25). The average Bonchev–Trinajstić information content (AvgIpc) is 2.63. The SMILES string of the molecule is CC(=O)Cc1ccc(Nc2nccc(-c3ccc(C)c(C#N)c3)n2)cc1. The van der Waals surface area contributed by atoms with Crippen LogP contribution in [0.25, 0.3) is 11.3 Å². The summed E-state index contributed by atoms with van der Waals surface area (Å²) >= 11 is 0. The first-order valence-corrected chi connectivity index (χ1v) is 8.25. The molecule has 5 heteroatoms. The minimum atomic E-state index is 0.136. The van der Waals surface area contributed by atoms with Gasteiger partial charge in [0.1, 0.15) is 5.78 Å². The van der Waals surface area contributed by atoms with Crippen molar-refractivity contribution in [1.82, 2.24) is 9.97 Å². The maximum atomic E-state index is 11.2. The van der Waals surface area contributed by atoms with Gasteiger partial charge >= 0.3 is 0 Å². The molecular weight excluding hydrogens is 324 g/mol. The largest absolute Gasteiger partial charge is 0.324 e. The van der Waals surface area contributed by atoms with E-state index in [1.54, 1.807) is 13.1 Å². The first-order valence-electron chi connectivity index (χ1n) is 8.25. The van der Waals surface area contributed by atoms with E-state index in [2.05, 4.69) is 21.4 Å². The van der Waals surface area contributed by atoms with E-state index in [-0.39, 0.29) is 5.78 Å². The number of carbonyl (C=O) groups is 1. The second-order valence-electron chi connectivity index (χ2n) is 6.11. The highest BCUT2D eigenvalue weighted by Crippen LogP contribution is 2.22. The van der Waals surface area contributed by atoms with Gasteiger partial charge < -0.3 is 5.32 Å². The number of carbonyl (C=O) groups excluding carboxylic acids is 1. The quantitative estimate of drug-likeness (QED) is 0.752. The van der Waals surface area contributed by atoms with E-state index in [1.165, 1.54) is 0 Å². The molecule has 3 aromatic rings. The summed E-state index contributed by atoms with van der Waals surface area (Å²) in [7, 11) is 0. The third-order valence-corrected chi connectivity index (χ3v) is 3.97. The zero-order chi connectivity index (χ0) is 18.5. The molecule has 5 nitrogen and oxygen atoms in total. The number of aromatic nitrogens is 2. The highest BCUT2D eigenvalue weighted by Gasteiger charge is 2.06. The number of hydrogen-bond donors (Lipinski definition) is 1. The molecule has 0 saturated heterocycles. The van der Waals surface area contributed by atoms with Crippen LogP contribution in [-0.2, 0) is 11.2 Å². The minimum Gasteiger partial charge on any atom is -0.324 e. The number of Topliss-reactive ketones (excluding diaryl/α,β-unsaturated/α-hetero) is 1. The van der Waals surface area contributed by atoms with Crippen molar-refractivity contribution in [3.05, 3.63) is 71.4 Å². The summed E-state index contributed by atoms with van der Waals surface area (Å²) in [6.07, 6.45) is 2.11. The second kappa shape index (κ2) is 7.58. The summed E-state index contributed by atoms with van der Waals surface area (Å²) in [5.41, 5.74) is 5.00. The molecule has 2 aromatic carbocycles. The van der Waals surface area contributed by atoms with Gasteiger partial charge in [-0.2, -0.15) is 5.26 Å². The van der Waals surface area contributed by atoms with E-state index < -0.39 is 0 Å². The Kier molecular flexibility index (Phi) is 5.04. The molecule has 0 atom stereocenters. The molecule has 0 fully saturated rings. The Bertz CT molecular complexity index is 988. The summed E-state index contributed by atoms with van der Waals surface area (Å²) in [6.45, 7) is 3.49. The van der Waals surface area contributed by atoms with Crippen LogP contribution in [0.1, 0.15) is 23.6 Å². The van der Waals surface area contributed by atoms with E-state index in [1.807, 2.05) is 55.5 Å². The molecule has 0 saturated carbocycles. The number of nitrogens with zero attached hydrogens (tertiary/aromatic N) is 3. The normalized spacial score (nSPS) is 10.2. The van der Waals surface area contributed by atoms with Crippen molar-refractivity contribution < 1.29 is 4.79 Å². The van der Waals surface area contributed by atoms with Crippen molar-refractivity contribution in [2.75, 3.05) is 5.32 Å². The van der Waals surface area contributed by atoms with Crippen LogP contribution in [0.4, 0.5) is 11.6 Å². The highest BCUT2D eigenvalue weighted by atomic mass is 16.1. The molecule has 26 heavy (non-hydrogen) atoms. The fraction of sp³-hybridized carbons (Fsp3) is 0.143. The molecule has 0 aliphatic carbocycles. The summed E-state index contributed by atoms with van der Waals surface area (Å²) in [5, 5.41) is 12.4. The summed E-state index contributed by atoms with van der Waals surface area (Å²) < 4.78 is 0. The predicted molar refractivity (Wildman–Crippen MR) is 101 cm³/mol. The Morgan fingerprint density at radius 3 is 2.62 bits per heavy atom. The van der Waals surface area contributed by atoms with Crippen LogP contribution in [0.2, 0.25) is 0 Å². The molecule has 0 spiro atoms. The maximum absolute atomic E-state index is 11.2. The smallest absolute Gasteiger partial charge is 0.227 e. The van der Waals surface area contributed by atoms with Crippen molar-refractivity contribution in [3.8, 4) is 17.3 Å². The van der Waals surface area contributed by atoms with Crippen LogP contribution in [0, 0.1) is 18.3 Å². The van der Waals surface area contributed by atoms with Gasteiger partial charge in [0.2, 0.25) is 5.95 Å². The number of aryl methyl sites for hydroxylation is 1. The van der Waals surface area contributed by atoms with Crippen LogP contribution in [-0.4, -0.2) is 15.8 Å². The molecule has 0 unspecified atom stereocenters. The number of benzene rings is 2. The van der Waals surface area contributed by atoms with Crippen LogP contribution < -0.4 is 5.32 Å². The van der Waals surface area contributed by atoms with Crippen LogP contribution in [0.15, 0.2) is 54.7 Å². The number of ketones is 1. The Labute approximate surface area is 152 Å². The van der Waals surface area contributed by atoms with Gasteiger partial charge in [0.15, 0.2) is 0 Å². The predicted octanol–water partition coefficient (Wildman–Crippen LogP) is 4.20. The van der Waals surface area contributed by atoms with Crippen LogP contribution >= 0.6 is 0 Å². The van der Waals surface area contributed by atoms with Gasteiger partial charge in [-0.05, 0) is 49.2 Å². The first-order chi connectivity index (χ1) is 12.5. The third kappa shape index (κ3) is 4.11. The first kappa shape index (κ1) is 17.3. The van der Waals surface area contributed by atoms with Crippen molar-refractivity contribution in [1.29, 1.82) is 5.26 Å². The Hall–Kier alpha value is -3.52. The fourth-order valence-corrected chi connectivity index (χ4v) is 2.60. The topological polar surface area (TPSA) is 78.7 Å². The molecule has 1 aromatic heterocycles. The molecule has 128 valence electrons. The van der Waals surface area contributed by atoms with Gasteiger partial charge in [0.05, 0.1) is 17.3 Å². The van der Waals surface area contributed by atoms with Crippen molar-refractivity contribution in [2.45, 2.75) is 20.3 Å². The number of nitrogens with one attached hydrogen (secondary N) is 1. The summed E-state index contributed by atoms with van der Waals surface area (Å²) in [5.74, 6) is 0.609. The van der Waals surface area contributed by atoms with Gasteiger partial charge in [0.25, 0.3) is 0 Å². The Morgan fingerprint density at radius 2 is 1.92 bits per heavy atom. The Morgan fingerprint density at radius 1 is 1.15 bits per heavy atom. The summed E-state index contributed by atoms with van der Waals surface area (Å²) in [6, 6.07) is 17.3. The van der Waals surface area contributed by atoms with Gasteiger partial charge in [-0.1, -0.05) is 24.3 Å². The highest BCUT2D eigenvalue weighted by molar-refractivity contribution is 5.78. The molecule has 3 rings (SSSR count). The second-order valence-corrected chi connectivity index (χ2v) is 6.11. The zero-order valence-corrected chi connectivity index (χ0v) is 14.7. The lowest BCUT2D eigenvalue weighted by Crippen LogP contribution is -1.99. The number of rotatable bonds is 5. The molecule has 0 aliphatic rings. The van der Waals surface area contributed by atoms with Crippen molar-refractivity contribution >= 4 is 17.4 Å². The lowest BCUT2D eigenvalue weighted by Gasteiger charge is -2.08. The number of nitriles is 1. The number of hydrogen-bond acceptors (Lipinski definition) is 5.